The van der Waals surface area contributed by atoms with Gasteiger partial charge in [0, 0.05) is 13.5 Å². The highest BCUT2D eigenvalue weighted by Crippen LogP contribution is 2.12. The number of likely N-dealkylation sites (N-methyl/N-ethyl adjacent to an activating group) is 1. The zero-order valence-electron chi connectivity index (χ0n) is 19.4. The average Bonchev–Trinajstić information content (AvgIpc) is 2.76. The summed E-state index contributed by atoms with van der Waals surface area (Å²) in [4.78, 5) is 25.5. The van der Waals surface area contributed by atoms with Crippen LogP contribution in [0, 0.1) is 0 Å². The second kappa shape index (κ2) is 18.0. The van der Waals surface area contributed by atoms with E-state index in [1.807, 2.05) is 30.3 Å². The molecule has 170 valence electrons. The van der Waals surface area contributed by atoms with Crippen molar-refractivity contribution in [1.82, 2.24) is 4.90 Å². The van der Waals surface area contributed by atoms with Crippen molar-refractivity contribution in [3.63, 3.8) is 0 Å². The monoisotopic (exact) mass is 417 g/mol. The maximum atomic E-state index is 12.2. The molecule has 0 aliphatic rings. The molecule has 30 heavy (non-hydrogen) atoms. The molecule has 0 saturated heterocycles. The third-order valence-electron chi connectivity index (χ3n) is 5.52. The number of hydrogen-bond acceptors (Lipinski definition) is 3. The van der Waals surface area contributed by atoms with Crippen molar-refractivity contribution in [3.8, 4) is 0 Å². The molecule has 4 nitrogen and oxygen atoms in total. The van der Waals surface area contributed by atoms with Crippen molar-refractivity contribution < 1.29 is 14.3 Å². The number of benzene rings is 1. The maximum absolute atomic E-state index is 12.2. The Morgan fingerprint density at radius 2 is 1.33 bits per heavy atom. The van der Waals surface area contributed by atoms with E-state index in [0.29, 0.717) is 19.4 Å². The molecule has 1 aromatic rings. The van der Waals surface area contributed by atoms with Crippen molar-refractivity contribution in [2.45, 2.75) is 96.8 Å². The Bertz CT molecular complexity index is 559. The Morgan fingerprint density at radius 3 is 1.90 bits per heavy atom. The molecule has 0 unspecified atom stereocenters. The predicted molar refractivity (Wildman–Crippen MR) is 124 cm³/mol. The zero-order chi connectivity index (χ0) is 21.9. The first-order valence-corrected chi connectivity index (χ1v) is 12.1. The highest BCUT2D eigenvalue weighted by molar-refractivity contribution is 5.81. The van der Waals surface area contributed by atoms with Crippen molar-refractivity contribution in [3.05, 3.63) is 35.9 Å². The second-order valence-electron chi connectivity index (χ2n) is 8.34. The Morgan fingerprint density at radius 1 is 0.800 bits per heavy atom. The summed E-state index contributed by atoms with van der Waals surface area (Å²) in [6, 6.07) is 9.92. The summed E-state index contributed by atoms with van der Waals surface area (Å²) in [5.41, 5.74) is 1.13. The maximum Gasteiger partial charge on any atom is 0.325 e. The van der Waals surface area contributed by atoms with E-state index in [2.05, 4.69) is 6.92 Å². The number of unbranched alkanes of at least 4 members (excludes halogenated alkanes) is 11. The molecule has 0 atom stereocenters. The summed E-state index contributed by atoms with van der Waals surface area (Å²) < 4.78 is 5.28. The lowest BCUT2D eigenvalue weighted by Gasteiger charge is -2.16. The lowest BCUT2D eigenvalue weighted by atomic mass is 10.1. The number of rotatable bonds is 18. The molecule has 1 rings (SSSR count). The molecule has 1 amide bonds. The zero-order valence-corrected chi connectivity index (χ0v) is 19.4. The van der Waals surface area contributed by atoms with Crippen molar-refractivity contribution >= 4 is 11.9 Å². The molecule has 0 fully saturated rings. The molecule has 0 aromatic heterocycles. The van der Waals surface area contributed by atoms with Gasteiger partial charge in [0.15, 0.2) is 0 Å². The topological polar surface area (TPSA) is 46.6 Å². The summed E-state index contributed by atoms with van der Waals surface area (Å²) in [7, 11) is 1.67. The highest BCUT2D eigenvalue weighted by Gasteiger charge is 2.13. The molecule has 0 bridgehead atoms. The first-order valence-electron chi connectivity index (χ1n) is 12.1. The standard InChI is InChI=1S/C26H43NO3/c1-3-4-5-6-7-8-9-10-11-12-13-17-22-30-26(29)23-27(2)25(28)21-20-24-18-15-14-16-19-24/h14-16,18-19H,3-13,17,20-23H2,1-2H3. The van der Waals surface area contributed by atoms with E-state index in [-0.39, 0.29) is 18.4 Å². The van der Waals surface area contributed by atoms with Gasteiger partial charge in [0.2, 0.25) is 5.91 Å². The van der Waals surface area contributed by atoms with Crippen molar-refractivity contribution in [2.24, 2.45) is 0 Å². The van der Waals surface area contributed by atoms with E-state index >= 15 is 0 Å². The predicted octanol–water partition coefficient (Wildman–Crippen LogP) is 6.32. The fourth-order valence-corrected chi connectivity index (χ4v) is 3.54. The van der Waals surface area contributed by atoms with E-state index in [1.165, 1.54) is 69.1 Å². The summed E-state index contributed by atoms with van der Waals surface area (Å²) in [5.74, 6) is -0.338. The summed E-state index contributed by atoms with van der Waals surface area (Å²) in [6.45, 7) is 2.75. The van der Waals surface area contributed by atoms with Gasteiger partial charge >= 0.3 is 5.97 Å². The van der Waals surface area contributed by atoms with Gasteiger partial charge < -0.3 is 9.64 Å². The molecule has 0 N–H and O–H groups in total. The fourth-order valence-electron chi connectivity index (χ4n) is 3.54. The molecular formula is C26H43NO3. The average molecular weight is 418 g/mol. The smallest absolute Gasteiger partial charge is 0.325 e. The number of carbonyl (C=O) groups is 2. The van der Waals surface area contributed by atoms with E-state index in [0.717, 1.165) is 18.4 Å². The summed E-state index contributed by atoms with van der Waals surface area (Å²) in [5, 5.41) is 0. The van der Waals surface area contributed by atoms with E-state index in [1.54, 1.807) is 7.05 Å². The van der Waals surface area contributed by atoms with Crippen LogP contribution in [-0.2, 0) is 20.7 Å². The van der Waals surface area contributed by atoms with Crippen molar-refractivity contribution in [2.75, 3.05) is 20.2 Å². The lowest BCUT2D eigenvalue weighted by molar-refractivity contribution is -0.148. The van der Waals surface area contributed by atoms with Gasteiger partial charge in [0.25, 0.3) is 0 Å². The molecule has 1 aromatic carbocycles. The quantitative estimate of drug-likeness (QED) is 0.207. The third-order valence-corrected chi connectivity index (χ3v) is 5.52. The summed E-state index contributed by atoms with van der Waals surface area (Å²) in [6.07, 6.45) is 16.5. The van der Waals surface area contributed by atoms with Gasteiger partial charge in [-0.25, -0.2) is 0 Å². The van der Waals surface area contributed by atoms with Crippen LogP contribution in [0.25, 0.3) is 0 Å². The molecular weight excluding hydrogens is 374 g/mol. The van der Waals surface area contributed by atoms with Crippen LogP contribution in [0.1, 0.15) is 96.0 Å². The van der Waals surface area contributed by atoms with E-state index < -0.39 is 0 Å². The van der Waals surface area contributed by atoms with Gasteiger partial charge in [-0.3, -0.25) is 9.59 Å². The van der Waals surface area contributed by atoms with Gasteiger partial charge in [-0.2, -0.15) is 0 Å². The molecule has 0 spiro atoms. The molecule has 0 heterocycles. The Balaban J connectivity index is 1.93. The van der Waals surface area contributed by atoms with Crippen LogP contribution < -0.4 is 0 Å². The minimum atomic E-state index is -0.311. The first kappa shape index (κ1) is 26.2. The number of ether oxygens (including phenoxy) is 1. The highest BCUT2D eigenvalue weighted by atomic mass is 16.5. The molecule has 0 aliphatic carbocycles. The molecule has 0 radical (unpaired) electrons. The van der Waals surface area contributed by atoms with Gasteiger partial charge in [0.1, 0.15) is 6.54 Å². The van der Waals surface area contributed by atoms with E-state index in [9.17, 15) is 9.59 Å². The first-order chi connectivity index (χ1) is 14.6. The number of amides is 1. The lowest BCUT2D eigenvalue weighted by Crippen LogP contribution is -2.33. The van der Waals surface area contributed by atoms with Crippen LogP contribution in [-0.4, -0.2) is 37.0 Å². The molecule has 4 heteroatoms. The Labute approximate surface area is 184 Å². The van der Waals surface area contributed by atoms with Gasteiger partial charge in [0.05, 0.1) is 6.61 Å². The van der Waals surface area contributed by atoms with Gasteiger partial charge in [-0.1, -0.05) is 108 Å². The number of nitrogens with zero attached hydrogens (tertiary/aromatic N) is 1. The molecule has 0 aliphatic heterocycles. The number of esters is 1. The normalized spacial score (nSPS) is 10.7. The largest absolute Gasteiger partial charge is 0.464 e. The Hall–Kier alpha value is -1.84. The fraction of sp³-hybridized carbons (Fsp3) is 0.692. The third kappa shape index (κ3) is 14.2. The minimum Gasteiger partial charge on any atom is -0.464 e. The summed E-state index contributed by atoms with van der Waals surface area (Å²) >= 11 is 0. The van der Waals surface area contributed by atoms with Crippen LogP contribution in [0.2, 0.25) is 0 Å². The SMILES string of the molecule is CCCCCCCCCCCCCCOC(=O)CN(C)C(=O)CCc1ccccc1. The minimum absolute atomic E-state index is 0.0267. The number of hydrogen-bond donors (Lipinski definition) is 0. The van der Waals surface area contributed by atoms with Gasteiger partial charge in [-0.05, 0) is 18.4 Å². The van der Waals surface area contributed by atoms with Crippen molar-refractivity contribution in [1.29, 1.82) is 0 Å². The molecule has 0 saturated carbocycles. The number of carbonyl (C=O) groups excluding carboxylic acids is 2. The van der Waals surface area contributed by atoms with E-state index in [4.69, 9.17) is 4.74 Å². The van der Waals surface area contributed by atoms with Crippen LogP contribution in [0.5, 0.6) is 0 Å². The van der Waals surface area contributed by atoms with Gasteiger partial charge in [-0.15, -0.1) is 0 Å². The second-order valence-corrected chi connectivity index (χ2v) is 8.34. The number of aryl methyl sites for hydroxylation is 1. The Kier molecular flexibility index (Phi) is 15.7. The van der Waals surface area contributed by atoms with Crippen LogP contribution >= 0.6 is 0 Å². The van der Waals surface area contributed by atoms with Crippen LogP contribution in [0.15, 0.2) is 30.3 Å². The van der Waals surface area contributed by atoms with Crippen LogP contribution in [0.3, 0.4) is 0 Å². The van der Waals surface area contributed by atoms with Crippen LogP contribution in [0.4, 0.5) is 0 Å².